The molecule has 1 aromatic rings. The fourth-order valence-electron chi connectivity index (χ4n) is 2.62. The number of allylic oxidation sites excluding steroid dienone is 3. The number of likely N-dealkylation sites (N-methyl/N-ethyl adjacent to an activating group) is 1. The van der Waals surface area contributed by atoms with E-state index in [-0.39, 0.29) is 0 Å². The van der Waals surface area contributed by atoms with Crippen LogP contribution in [-0.4, -0.2) is 11.9 Å². The molecule has 0 fully saturated rings. The Bertz CT molecular complexity index is 596. The lowest BCUT2D eigenvalue weighted by molar-refractivity contribution is 0.411. The molecule has 1 atom stereocenters. The Morgan fingerprint density at radius 1 is 1.22 bits per heavy atom. The van der Waals surface area contributed by atoms with Crippen molar-refractivity contribution in [2.75, 3.05) is 7.05 Å². The summed E-state index contributed by atoms with van der Waals surface area (Å²) in [7, 11) is 2.15. The van der Waals surface area contributed by atoms with Gasteiger partial charge in [0.05, 0.1) is 0 Å². The molecule has 0 bridgehead atoms. The van der Waals surface area contributed by atoms with E-state index in [9.17, 15) is 0 Å². The summed E-state index contributed by atoms with van der Waals surface area (Å²) in [6.45, 7) is 3.19. The van der Waals surface area contributed by atoms with E-state index in [1.165, 1.54) is 16.8 Å². The molecule has 1 aliphatic carbocycles. The van der Waals surface area contributed by atoms with Crippen molar-refractivity contribution in [2.24, 2.45) is 5.92 Å². The Kier molecular flexibility index (Phi) is 2.72. The molecule has 0 saturated carbocycles. The van der Waals surface area contributed by atoms with Crippen molar-refractivity contribution in [3.05, 3.63) is 58.8 Å². The van der Waals surface area contributed by atoms with E-state index >= 15 is 0 Å². The quantitative estimate of drug-likeness (QED) is 0.623. The number of hydrogen-bond donors (Lipinski definition) is 0. The molecule has 1 heteroatoms. The highest BCUT2D eigenvalue weighted by Crippen LogP contribution is 2.28. The monoisotopic (exact) mass is 235 g/mol. The van der Waals surface area contributed by atoms with Crippen LogP contribution in [0.15, 0.2) is 47.7 Å². The van der Waals surface area contributed by atoms with Crippen molar-refractivity contribution in [3.8, 4) is 11.8 Å². The fourth-order valence-corrected chi connectivity index (χ4v) is 2.62. The van der Waals surface area contributed by atoms with Gasteiger partial charge in [0.15, 0.2) is 0 Å². The van der Waals surface area contributed by atoms with Gasteiger partial charge < -0.3 is 4.90 Å². The highest BCUT2D eigenvalue weighted by molar-refractivity contribution is 5.51. The highest BCUT2D eigenvalue weighted by Gasteiger charge is 2.19. The first kappa shape index (κ1) is 11.2. The summed E-state index contributed by atoms with van der Waals surface area (Å²) in [6, 6.07) is 8.44. The van der Waals surface area contributed by atoms with Crippen LogP contribution in [0, 0.1) is 17.8 Å². The van der Waals surface area contributed by atoms with E-state index in [1.54, 1.807) is 0 Å². The minimum atomic E-state index is 0.533. The molecule has 18 heavy (non-hydrogen) atoms. The average Bonchev–Trinajstić information content (AvgIpc) is 2.36. The minimum Gasteiger partial charge on any atom is -0.369 e. The maximum Gasteiger partial charge on any atom is 0.0483 e. The predicted molar refractivity (Wildman–Crippen MR) is 74.7 cm³/mol. The minimum absolute atomic E-state index is 0.533. The van der Waals surface area contributed by atoms with Gasteiger partial charge in [0.2, 0.25) is 0 Å². The lowest BCUT2D eigenvalue weighted by atomic mass is 9.90. The fraction of sp³-hybridized carbons (Fsp3) is 0.294. The van der Waals surface area contributed by atoms with Crippen LogP contribution in [0.3, 0.4) is 0 Å². The number of nitrogens with zero attached hydrogens (tertiary/aromatic N) is 1. The average molecular weight is 235 g/mol. The Balaban J connectivity index is 2.15. The van der Waals surface area contributed by atoms with Crippen LogP contribution < -0.4 is 0 Å². The summed E-state index contributed by atoms with van der Waals surface area (Å²) < 4.78 is 0. The second kappa shape index (κ2) is 4.38. The summed E-state index contributed by atoms with van der Waals surface area (Å²) in [5, 5.41) is 0. The van der Waals surface area contributed by atoms with Gasteiger partial charge in [-0.3, -0.25) is 0 Å². The van der Waals surface area contributed by atoms with Crippen molar-refractivity contribution < 1.29 is 0 Å². The van der Waals surface area contributed by atoms with Gasteiger partial charge in [-0.05, 0) is 30.0 Å². The van der Waals surface area contributed by atoms with E-state index in [2.05, 4.69) is 67.1 Å². The van der Waals surface area contributed by atoms with Crippen LogP contribution in [0.5, 0.6) is 0 Å². The molecule has 90 valence electrons. The van der Waals surface area contributed by atoms with E-state index in [0.717, 1.165) is 18.5 Å². The molecule has 0 spiro atoms. The number of hydrogen-bond acceptors (Lipinski definition) is 1. The van der Waals surface area contributed by atoms with Gasteiger partial charge in [-0.1, -0.05) is 43.0 Å². The molecule has 1 aromatic carbocycles. The first-order valence-corrected chi connectivity index (χ1v) is 6.47. The van der Waals surface area contributed by atoms with E-state index in [4.69, 9.17) is 0 Å². The molecule has 0 amide bonds. The molecule has 0 N–H and O–H groups in total. The number of benzene rings is 1. The van der Waals surface area contributed by atoms with Gasteiger partial charge in [0.1, 0.15) is 0 Å². The Morgan fingerprint density at radius 2 is 2.06 bits per heavy atom. The maximum absolute atomic E-state index is 3.40. The summed E-state index contributed by atoms with van der Waals surface area (Å²) >= 11 is 0. The molecule has 1 unspecified atom stereocenters. The summed E-state index contributed by atoms with van der Waals surface area (Å²) in [5.41, 5.74) is 5.05. The van der Waals surface area contributed by atoms with Gasteiger partial charge in [0, 0.05) is 30.4 Å². The lowest BCUT2D eigenvalue weighted by Crippen LogP contribution is -2.22. The van der Waals surface area contributed by atoms with Gasteiger partial charge in [0.25, 0.3) is 0 Å². The molecular weight excluding hydrogens is 218 g/mol. The van der Waals surface area contributed by atoms with Crippen molar-refractivity contribution >= 4 is 0 Å². The van der Waals surface area contributed by atoms with Gasteiger partial charge in [-0.2, -0.15) is 0 Å². The third-order valence-corrected chi connectivity index (χ3v) is 3.70. The number of rotatable bonds is 0. The molecule has 0 radical (unpaired) electrons. The molecule has 2 aliphatic rings. The summed E-state index contributed by atoms with van der Waals surface area (Å²) in [6.07, 6.45) is 5.58. The second-order valence-electron chi connectivity index (χ2n) is 5.10. The molecule has 1 heterocycles. The van der Waals surface area contributed by atoms with E-state index in [0.29, 0.717) is 5.92 Å². The third kappa shape index (κ3) is 1.84. The van der Waals surface area contributed by atoms with Crippen molar-refractivity contribution in [3.63, 3.8) is 0 Å². The third-order valence-electron chi connectivity index (χ3n) is 3.70. The van der Waals surface area contributed by atoms with E-state index < -0.39 is 0 Å². The topological polar surface area (TPSA) is 3.24 Å². The first-order valence-electron chi connectivity index (χ1n) is 6.47. The Hall–Kier alpha value is -1.94. The van der Waals surface area contributed by atoms with Crippen molar-refractivity contribution in [1.29, 1.82) is 0 Å². The predicted octanol–water partition coefficient (Wildman–Crippen LogP) is 3.33. The largest absolute Gasteiger partial charge is 0.369 e. The second-order valence-corrected chi connectivity index (χ2v) is 5.10. The summed E-state index contributed by atoms with van der Waals surface area (Å²) in [4.78, 5) is 2.31. The zero-order valence-electron chi connectivity index (χ0n) is 10.9. The summed E-state index contributed by atoms with van der Waals surface area (Å²) in [5.74, 6) is 7.28. The Morgan fingerprint density at radius 3 is 2.94 bits per heavy atom. The van der Waals surface area contributed by atoms with Crippen molar-refractivity contribution in [2.45, 2.75) is 19.9 Å². The highest BCUT2D eigenvalue weighted by atomic mass is 15.1. The molecule has 1 aliphatic heterocycles. The molecule has 1 nitrogen and oxygen atoms in total. The zero-order valence-corrected chi connectivity index (χ0v) is 10.9. The molecule has 0 saturated heterocycles. The van der Waals surface area contributed by atoms with Gasteiger partial charge in [-0.25, -0.2) is 0 Å². The lowest BCUT2D eigenvalue weighted by Gasteiger charge is -2.28. The van der Waals surface area contributed by atoms with Crippen molar-refractivity contribution in [1.82, 2.24) is 4.90 Å². The number of fused-ring (bicyclic) bond motifs is 1. The zero-order chi connectivity index (χ0) is 12.5. The molecule has 0 aromatic heterocycles. The maximum atomic E-state index is 3.40. The van der Waals surface area contributed by atoms with Crippen LogP contribution in [0.2, 0.25) is 0 Å². The van der Waals surface area contributed by atoms with Gasteiger partial charge in [-0.15, -0.1) is 0 Å². The normalized spacial score (nSPS) is 21.4. The van der Waals surface area contributed by atoms with Crippen LogP contribution in [0.4, 0.5) is 0 Å². The SMILES string of the molecule is CC1CC=CC2=C1C#Cc1ccccc1CN2C. The first-order chi connectivity index (χ1) is 8.75. The standard InChI is InChI=1S/C17H17N/c1-13-6-5-9-17-16(13)11-10-14-7-3-4-8-15(14)12-18(17)2/h3-5,7-9,13H,6,12H2,1-2H3. The van der Waals surface area contributed by atoms with Gasteiger partial charge >= 0.3 is 0 Å². The molecule has 3 rings (SSSR count). The smallest absolute Gasteiger partial charge is 0.0483 e. The van der Waals surface area contributed by atoms with Crippen LogP contribution in [0.1, 0.15) is 24.5 Å². The van der Waals surface area contributed by atoms with Crippen LogP contribution >= 0.6 is 0 Å². The molecular formula is C17H17N. The van der Waals surface area contributed by atoms with E-state index in [1.807, 2.05) is 0 Å². The van der Waals surface area contributed by atoms with Crippen LogP contribution in [-0.2, 0) is 6.54 Å². The van der Waals surface area contributed by atoms with Crippen LogP contribution in [0.25, 0.3) is 0 Å². The Labute approximate surface area is 109 Å².